The number of phenols is 1. The largest absolute Gasteiger partial charge is 0.508 e. The number of hydrogen-bond acceptors (Lipinski definition) is 1. The van der Waals surface area contributed by atoms with Crippen LogP contribution in [-0.4, -0.2) is 11.3 Å². The lowest BCUT2D eigenvalue weighted by molar-refractivity contribution is -0.232. The van der Waals surface area contributed by atoms with E-state index in [2.05, 4.69) is 0 Å². The van der Waals surface area contributed by atoms with Crippen LogP contribution in [0.3, 0.4) is 0 Å². The Labute approximate surface area is 131 Å². The number of halogens is 3. The molecule has 0 saturated heterocycles. The van der Waals surface area contributed by atoms with Gasteiger partial charge in [0.2, 0.25) is 0 Å². The second-order valence-corrected chi connectivity index (χ2v) is 7.92. The Balaban J connectivity index is 3.69. The summed E-state index contributed by atoms with van der Waals surface area (Å²) in [7, 11) is 0. The Kier molecular flexibility index (Phi) is 4.96. The van der Waals surface area contributed by atoms with Gasteiger partial charge in [0.25, 0.3) is 0 Å². The van der Waals surface area contributed by atoms with E-state index in [-0.39, 0.29) is 17.7 Å². The Bertz CT molecular complexity index is 495. The molecule has 126 valence electrons. The minimum absolute atomic E-state index is 0.00485. The molecule has 0 spiro atoms. The van der Waals surface area contributed by atoms with Crippen LogP contribution >= 0.6 is 0 Å². The van der Waals surface area contributed by atoms with E-state index in [1.807, 2.05) is 20.8 Å². The number of hydrogen-bond donors (Lipinski definition) is 1. The number of rotatable bonds is 4. The molecule has 0 aliphatic rings. The van der Waals surface area contributed by atoms with E-state index in [0.29, 0.717) is 6.42 Å². The first kappa shape index (κ1) is 18.9. The van der Waals surface area contributed by atoms with Gasteiger partial charge in [0.15, 0.2) is 0 Å². The Morgan fingerprint density at radius 2 is 1.36 bits per heavy atom. The van der Waals surface area contributed by atoms with Crippen molar-refractivity contribution in [3.8, 4) is 5.75 Å². The van der Waals surface area contributed by atoms with Crippen LogP contribution in [0.15, 0.2) is 24.3 Å². The molecule has 0 radical (unpaired) electrons. The first-order valence-electron chi connectivity index (χ1n) is 7.63. The molecule has 0 amide bonds. The predicted molar refractivity (Wildman–Crippen MR) is 84.0 cm³/mol. The monoisotopic (exact) mass is 316 g/mol. The van der Waals surface area contributed by atoms with Gasteiger partial charge in [-0.15, -0.1) is 0 Å². The SMILES string of the molecule is CCC(C)(C)C(CC(C)(C)C)(c1ccc(O)cc1)C(F)(F)F. The molecule has 0 aromatic heterocycles. The summed E-state index contributed by atoms with van der Waals surface area (Å²) in [4.78, 5) is 0. The number of benzene rings is 1. The molecule has 4 heteroatoms. The molecular weight excluding hydrogens is 289 g/mol. The molecule has 1 atom stereocenters. The Hall–Kier alpha value is -1.19. The van der Waals surface area contributed by atoms with Gasteiger partial charge in [0.05, 0.1) is 5.41 Å². The molecule has 0 aliphatic carbocycles. The zero-order valence-corrected chi connectivity index (χ0v) is 14.3. The first-order chi connectivity index (χ1) is 9.77. The summed E-state index contributed by atoms with van der Waals surface area (Å²) >= 11 is 0. The summed E-state index contributed by atoms with van der Waals surface area (Å²) in [6.45, 7) is 10.7. The summed E-state index contributed by atoms with van der Waals surface area (Å²) < 4.78 is 42.9. The maximum absolute atomic E-state index is 14.3. The lowest BCUT2D eigenvalue weighted by Gasteiger charge is -2.51. The Morgan fingerprint density at radius 1 is 0.909 bits per heavy atom. The zero-order valence-electron chi connectivity index (χ0n) is 14.3. The van der Waals surface area contributed by atoms with Crippen LogP contribution in [0.4, 0.5) is 13.2 Å². The van der Waals surface area contributed by atoms with Gasteiger partial charge in [-0.05, 0) is 41.4 Å². The summed E-state index contributed by atoms with van der Waals surface area (Å²) in [6, 6.07) is 5.49. The van der Waals surface area contributed by atoms with Crippen LogP contribution < -0.4 is 0 Å². The molecule has 1 unspecified atom stereocenters. The third-order valence-electron chi connectivity index (χ3n) is 4.68. The van der Waals surface area contributed by atoms with Crippen LogP contribution in [0.25, 0.3) is 0 Å². The van der Waals surface area contributed by atoms with Crippen LogP contribution in [0.2, 0.25) is 0 Å². The van der Waals surface area contributed by atoms with Crippen LogP contribution in [0.1, 0.15) is 59.9 Å². The summed E-state index contributed by atoms with van der Waals surface area (Å²) in [5.74, 6) is -0.0233. The Morgan fingerprint density at radius 3 is 1.68 bits per heavy atom. The van der Waals surface area contributed by atoms with Crippen LogP contribution in [-0.2, 0) is 5.41 Å². The van der Waals surface area contributed by atoms with Gasteiger partial charge < -0.3 is 5.11 Å². The number of alkyl halides is 3. The summed E-state index contributed by atoms with van der Waals surface area (Å²) in [6.07, 6.45) is -3.98. The van der Waals surface area contributed by atoms with Crippen molar-refractivity contribution in [2.24, 2.45) is 10.8 Å². The fraction of sp³-hybridized carbons (Fsp3) is 0.667. The van der Waals surface area contributed by atoms with Crippen molar-refractivity contribution in [1.82, 2.24) is 0 Å². The minimum Gasteiger partial charge on any atom is -0.508 e. The van der Waals surface area contributed by atoms with Crippen molar-refractivity contribution >= 4 is 0 Å². The van der Waals surface area contributed by atoms with E-state index in [9.17, 15) is 18.3 Å². The quantitative estimate of drug-likeness (QED) is 0.715. The highest BCUT2D eigenvalue weighted by Gasteiger charge is 2.63. The van der Waals surface area contributed by atoms with Crippen molar-refractivity contribution in [3.63, 3.8) is 0 Å². The molecule has 1 nitrogen and oxygen atoms in total. The molecule has 1 rings (SSSR count). The maximum Gasteiger partial charge on any atom is 0.398 e. The second-order valence-electron chi connectivity index (χ2n) is 7.92. The van der Waals surface area contributed by atoms with Crippen LogP contribution in [0, 0.1) is 10.8 Å². The van der Waals surface area contributed by atoms with E-state index in [4.69, 9.17) is 0 Å². The molecule has 22 heavy (non-hydrogen) atoms. The normalized spacial score (nSPS) is 16.4. The number of aromatic hydroxyl groups is 1. The van der Waals surface area contributed by atoms with E-state index in [0.717, 1.165) is 0 Å². The average Bonchev–Trinajstić information content (AvgIpc) is 2.34. The van der Waals surface area contributed by atoms with Gasteiger partial charge in [0.1, 0.15) is 5.75 Å². The van der Waals surface area contributed by atoms with Crippen molar-refractivity contribution in [3.05, 3.63) is 29.8 Å². The minimum atomic E-state index is -4.38. The average molecular weight is 316 g/mol. The van der Waals surface area contributed by atoms with Crippen LogP contribution in [0.5, 0.6) is 5.75 Å². The molecule has 1 aromatic carbocycles. The van der Waals surface area contributed by atoms with E-state index < -0.39 is 22.4 Å². The highest BCUT2D eigenvalue weighted by Crippen LogP contribution is 2.59. The van der Waals surface area contributed by atoms with E-state index in [1.165, 1.54) is 24.3 Å². The standard InChI is InChI=1S/C18H27F3O/c1-7-16(5,6)17(18(19,20)21,12-15(2,3)4)13-8-10-14(22)11-9-13/h8-11,22H,7,12H2,1-6H3. The van der Waals surface area contributed by atoms with Gasteiger partial charge in [-0.25, -0.2) is 0 Å². The molecule has 1 aromatic rings. The first-order valence-corrected chi connectivity index (χ1v) is 7.63. The molecular formula is C18H27F3O. The zero-order chi connectivity index (χ0) is 17.4. The fourth-order valence-electron chi connectivity index (χ4n) is 3.22. The van der Waals surface area contributed by atoms with Crippen molar-refractivity contribution in [1.29, 1.82) is 0 Å². The lowest BCUT2D eigenvalue weighted by Crippen LogP contribution is -2.55. The summed E-state index contributed by atoms with van der Waals surface area (Å²) in [5, 5.41) is 9.44. The topological polar surface area (TPSA) is 20.2 Å². The van der Waals surface area contributed by atoms with Crippen molar-refractivity contribution < 1.29 is 18.3 Å². The van der Waals surface area contributed by atoms with Crippen molar-refractivity contribution in [2.45, 2.75) is 66.0 Å². The van der Waals surface area contributed by atoms with Gasteiger partial charge >= 0.3 is 6.18 Å². The molecule has 0 heterocycles. The fourth-order valence-corrected chi connectivity index (χ4v) is 3.22. The predicted octanol–water partition coefficient (Wildman–Crippen LogP) is 6.06. The molecule has 1 N–H and O–H groups in total. The molecule has 0 bridgehead atoms. The maximum atomic E-state index is 14.3. The third kappa shape index (κ3) is 3.41. The lowest BCUT2D eigenvalue weighted by atomic mass is 9.55. The van der Waals surface area contributed by atoms with E-state index in [1.54, 1.807) is 20.8 Å². The van der Waals surface area contributed by atoms with Gasteiger partial charge in [0, 0.05) is 0 Å². The second kappa shape index (κ2) is 5.78. The third-order valence-corrected chi connectivity index (χ3v) is 4.68. The summed E-state index contributed by atoms with van der Waals surface area (Å²) in [5.41, 5.74) is -3.18. The number of phenolic OH excluding ortho intramolecular Hbond substituents is 1. The molecule has 0 aliphatic heterocycles. The molecule has 0 fully saturated rings. The highest BCUT2D eigenvalue weighted by atomic mass is 19.4. The smallest absolute Gasteiger partial charge is 0.398 e. The van der Waals surface area contributed by atoms with E-state index >= 15 is 0 Å². The van der Waals surface area contributed by atoms with Gasteiger partial charge in [-0.3, -0.25) is 0 Å². The highest BCUT2D eigenvalue weighted by molar-refractivity contribution is 5.35. The molecule has 0 saturated carbocycles. The van der Waals surface area contributed by atoms with Gasteiger partial charge in [-0.2, -0.15) is 13.2 Å². The van der Waals surface area contributed by atoms with Gasteiger partial charge in [-0.1, -0.05) is 53.7 Å². The van der Waals surface area contributed by atoms with Crippen molar-refractivity contribution in [2.75, 3.05) is 0 Å².